The molecular formula is C12H19NO3. The number of allylic oxidation sites excluding steroid dienone is 1. The minimum atomic E-state index is -0.808. The lowest BCUT2D eigenvalue weighted by Crippen LogP contribution is -2.29. The van der Waals surface area contributed by atoms with Gasteiger partial charge >= 0.3 is 5.97 Å². The van der Waals surface area contributed by atoms with Crippen LogP contribution in [0.1, 0.15) is 39.0 Å². The highest BCUT2D eigenvalue weighted by Gasteiger charge is 2.20. The van der Waals surface area contributed by atoms with Gasteiger partial charge in [-0.15, -0.1) is 0 Å². The zero-order chi connectivity index (χ0) is 12.1. The van der Waals surface area contributed by atoms with Crippen LogP contribution in [0.4, 0.5) is 0 Å². The van der Waals surface area contributed by atoms with Gasteiger partial charge in [0.15, 0.2) is 0 Å². The first-order valence-electron chi connectivity index (χ1n) is 5.68. The van der Waals surface area contributed by atoms with Crippen molar-refractivity contribution in [2.24, 2.45) is 0 Å². The van der Waals surface area contributed by atoms with Crippen molar-refractivity contribution in [3.05, 3.63) is 11.1 Å². The molecule has 0 saturated carbocycles. The van der Waals surface area contributed by atoms with E-state index in [2.05, 4.69) is 0 Å². The Balaban J connectivity index is 2.42. The third-order valence-corrected chi connectivity index (χ3v) is 2.98. The highest BCUT2D eigenvalue weighted by molar-refractivity contribution is 5.94. The lowest BCUT2D eigenvalue weighted by atomic mass is 10.1. The van der Waals surface area contributed by atoms with Crippen LogP contribution in [-0.2, 0) is 9.59 Å². The van der Waals surface area contributed by atoms with Crippen molar-refractivity contribution >= 4 is 11.9 Å². The summed E-state index contributed by atoms with van der Waals surface area (Å²) in [6, 6.07) is 0. The Bertz CT molecular complexity index is 320. The molecule has 0 heterocycles. The molecule has 0 fully saturated rings. The van der Waals surface area contributed by atoms with Gasteiger partial charge in [0.1, 0.15) is 0 Å². The van der Waals surface area contributed by atoms with E-state index in [4.69, 9.17) is 5.11 Å². The molecule has 16 heavy (non-hydrogen) atoms. The number of amides is 1. The number of carbonyl (C=O) groups is 2. The minimum absolute atomic E-state index is 0.0698. The molecule has 0 atom stereocenters. The summed E-state index contributed by atoms with van der Waals surface area (Å²) in [5.41, 5.74) is 2.12. The fraction of sp³-hybridized carbons (Fsp3) is 0.667. The Morgan fingerprint density at radius 1 is 1.38 bits per heavy atom. The van der Waals surface area contributed by atoms with E-state index in [1.54, 1.807) is 11.9 Å². The van der Waals surface area contributed by atoms with Crippen molar-refractivity contribution in [2.75, 3.05) is 13.6 Å². The summed E-state index contributed by atoms with van der Waals surface area (Å²) in [5, 5.41) is 8.51. The molecule has 1 amide bonds. The van der Waals surface area contributed by atoms with E-state index in [1.807, 2.05) is 6.92 Å². The first kappa shape index (κ1) is 12.7. The van der Waals surface area contributed by atoms with E-state index in [-0.39, 0.29) is 12.3 Å². The van der Waals surface area contributed by atoms with Gasteiger partial charge in [0.25, 0.3) is 0 Å². The third-order valence-electron chi connectivity index (χ3n) is 2.98. The van der Waals surface area contributed by atoms with Crippen LogP contribution < -0.4 is 0 Å². The highest BCUT2D eigenvalue weighted by Crippen LogP contribution is 2.26. The predicted octanol–water partition coefficient (Wildman–Crippen LogP) is 1.81. The number of carbonyl (C=O) groups excluding carboxylic acids is 1. The summed E-state index contributed by atoms with van der Waals surface area (Å²) in [5.74, 6) is -0.738. The molecule has 0 bridgehead atoms. The van der Waals surface area contributed by atoms with Crippen LogP contribution in [0.25, 0.3) is 0 Å². The molecule has 0 aromatic heterocycles. The van der Waals surface area contributed by atoms with E-state index in [0.717, 1.165) is 24.8 Å². The van der Waals surface area contributed by atoms with Crippen LogP contribution in [0, 0.1) is 0 Å². The smallest absolute Gasteiger partial charge is 0.303 e. The molecule has 0 spiro atoms. The first-order chi connectivity index (χ1) is 7.52. The maximum Gasteiger partial charge on any atom is 0.303 e. The molecule has 90 valence electrons. The normalized spacial score (nSPS) is 15.4. The molecule has 0 saturated heterocycles. The summed E-state index contributed by atoms with van der Waals surface area (Å²) in [6.45, 7) is 2.52. The van der Waals surface area contributed by atoms with Crippen molar-refractivity contribution in [1.82, 2.24) is 4.90 Å². The first-order valence-corrected chi connectivity index (χ1v) is 5.68. The SMILES string of the molecule is CC1=C(C(=O)N(C)CCCC(=O)O)CCC1. The fourth-order valence-corrected chi connectivity index (χ4v) is 1.98. The van der Waals surface area contributed by atoms with Gasteiger partial charge in [0.05, 0.1) is 0 Å². The molecule has 1 N–H and O–H groups in total. The van der Waals surface area contributed by atoms with Crippen LogP contribution in [0.3, 0.4) is 0 Å². The van der Waals surface area contributed by atoms with Crippen molar-refractivity contribution in [3.63, 3.8) is 0 Å². The number of aliphatic carboxylic acids is 1. The molecule has 1 rings (SSSR count). The lowest BCUT2D eigenvalue weighted by Gasteiger charge is -2.17. The Morgan fingerprint density at radius 2 is 2.06 bits per heavy atom. The van der Waals surface area contributed by atoms with Gasteiger partial charge in [0.2, 0.25) is 5.91 Å². The summed E-state index contributed by atoms with van der Waals surface area (Å²) < 4.78 is 0. The lowest BCUT2D eigenvalue weighted by molar-refractivity contribution is -0.137. The van der Waals surface area contributed by atoms with Gasteiger partial charge in [-0.3, -0.25) is 9.59 Å². The number of carboxylic acid groups (broad SMARTS) is 1. The second-order valence-electron chi connectivity index (χ2n) is 4.34. The van der Waals surface area contributed by atoms with E-state index >= 15 is 0 Å². The third kappa shape index (κ3) is 3.36. The standard InChI is InChI=1S/C12H19NO3/c1-9-5-3-6-10(9)12(16)13(2)8-4-7-11(14)15/h3-8H2,1-2H3,(H,14,15). The van der Waals surface area contributed by atoms with Crippen molar-refractivity contribution in [3.8, 4) is 0 Å². The number of hydrogen-bond donors (Lipinski definition) is 1. The predicted molar refractivity (Wildman–Crippen MR) is 61.1 cm³/mol. The van der Waals surface area contributed by atoms with Gasteiger partial charge < -0.3 is 10.0 Å². The van der Waals surface area contributed by atoms with Crippen LogP contribution in [0.15, 0.2) is 11.1 Å². The molecule has 0 aliphatic heterocycles. The number of nitrogens with zero attached hydrogens (tertiary/aromatic N) is 1. The van der Waals surface area contributed by atoms with Crippen LogP contribution in [0.2, 0.25) is 0 Å². The van der Waals surface area contributed by atoms with Crippen molar-refractivity contribution in [1.29, 1.82) is 0 Å². The molecule has 0 unspecified atom stereocenters. The van der Waals surface area contributed by atoms with E-state index in [9.17, 15) is 9.59 Å². The minimum Gasteiger partial charge on any atom is -0.481 e. The van der Waals surface area contributed by atoms with Gasteiger partial charge in [-0.25, -0.2) is 0 Å². The second kappa shape index (κ2) is 5.68. The number of hydrogen-bond acceptors (Lipinski definition) is 2. The van der Waals surface area contributed by atoms with E-state index < -0.39 is 5.97 Å². The molecular weight excluding hydrogens is 206 g/mol. The van der Waals surface area contributed by atoms with E-state index in [0.29, 0.717) is 13.0 Å². The average molecular weight is 225 g/mol. The largest absolute Gasteiger partial charge is 0.481 e. The van der Waals surface area contributed by atoms with Gasteiger partial charge in [-0.2, -0.15) is 0 Å². The molecule has 1 aliphatic carbocycles. The molecule has 0 radical (unpaired) electrons. The van der Waals surface area contributed by atoms with Crippen LogP contribution in [-0.4, -0.2) is 35.5 Å². The van der Waals surface area contributed by atoms with Crippen LogP contribution in [0.5, 0.6) is 0 Å². The Morgan fingerprint density at radius 3 is 2.56 bits per heavy atom. The van der Waals surface area contributed by atoms with Crippen LogP contribution >= 0.6 is 0 Å². The maximum atomic E-state index is 12.0. The molecule has 4 nitrogen and oxygen atoms in total. The summed E-state index contributed by atoms with van der Waals surface area (Å²) >= 11 is 0. The van der Waals surface area contributed by atoms with Crippen molar-refractivity contribution in [2.45, 2.75) is 39.0 Å². The zero-order valence-corrected chi connectivity index (χ0v) is 9.95. The van der Waals surface area contributed by atoms with Crippen molar-refractivity contribution < 1.29 is 14.7 Å². The van der Waals surface area contributed by atoms with E-state index in [1.165, 1.54) is 5.57 Å². The molecule has 1 aliphatic rings. The zero-order valence-electron chi connectivity index (χ0n) is 9.95. The van der Waals surface area contributed by atoms with Gasteiger partial charge in [-0.05, 0) is 32.6 Å². The Hall–Kier alpha value is -1.32. The van der Waals surface area contributed by atoms with Gasteiger partial charge in [0, 0.05) is 25.6 Å². The topological polar surface area (TPSA) is 57.6 Å². The Labute approximate surface area is 95.9 Å². The number of likely N-dealkylation sites (N-methyl/N-ethyl adjacent to an activating group) is 1. The summed E-state index contributed by atoms with van der Waals surface area (Å²) in [4.78, 5) is 23.9. The molecule has 0 aromatic carbocycles. The summed E-state index contributed by atoms with van der Waals surface area (Å²) in [7, 11) is 1.74. The molecule has 4 heteroatoms. The van der Waals surface area contributed by atoms with Gasteiger partial charge in [-0.1, -0.05) is 5.57 Å². The maximum absolute atomic E-state index is 12.0. The summed E-state index contributed by atoms with van der Waals surface area (Å²) in [6.07, 6.45) is 3.59. The highest BCUT2D eigenvalue weighted by atomic mass is 16.4. The average Bonchev–Trinajstić information content (AvgIpc) is 2.62. The Kier molecular flexibility index (Phi) is 4.52. The number of carboxylic acids is 1. The second-order valence-corrected chi connectivity index (χ2v) is 4.34. The fourth-order valence-electron chi connectivity index (χ4n) is 1.98. The monoisotopic (exact) mass is 225 g/mol. The quantitative estimate of drug-likeness (QED) is 0.776. The number of rotatable bonds is 5. The molecule has 0 aromatic rings.